The van der Waals surface area contributed by atoms with E-state index in [1.54, 1.807) is 7.11 Å². The molecule has 1 aromatic carbocycles. The number of methoxy groups -OCH3 is 1. The van der Waals surface area contributed by atoms with Crippen molar-refractivity contribution in [3.8, 4) is 5.75 Å². The Labute approximate surface area is 113 Å². The minimum Gasteiger partial charge on any atom is -0.497 e. The molecule has 1 aliphatic heterocycles. The van der Waals surface area contributed by atoms with Crippen molar-refractivity contribution in [3.63, 3.8) is 0 Å². The number of amidine groups is 1. The summed E-state index contributed by atoms with van der Waals surface area (Å²) in [5.74, 6) is 1.13. The van der Waals surface area contributed by atoms with E-state index in [2.05, 4.69) is 21.0 Å². The lowest BCUT2D eigenvalue weighted by atomic mass is 10.2. The summed E-state index contributed by atoms with van der Waals surface area (Å²) in [7, 11) is 1.67. The molecule has 0 bridgehead atoms. The van der Waals surface area contributed by atoms with Crippen LogP contribution in [0.1, 0.15) is 0 Å². The van der Waals surface area contributed by atoms with Crippen LogP contribution in [0.3, 0.4) is 0 Å². The van der Waals surface area contributed by atoms with Crippen LogP contribution in [0.4, 0.5) is 5.69 Å². The molecule has 19 heavy (non-hydrogen) atoms. The predicted octanol–water partition coefficient (Wildman–Crippen LogP) is 0.564. The number of piperazine rings is 1. The quantitative estimate of drug-likeness (QED) is 0.360. The van der Waals surface area contributed by atoms with E-state index >= 15 is 0 Å². The van der Waals surface area contributed by atoms with Crippen molar-refractivity contribution in [2.24, 2.45) is 10.9 Å². The molecule has 0 aromatic heterocycles. The molecule has 0 amide bonds. The van der Waals surface area contributed by atoms with Gasteiger partial charge in [0.15, 0.2) is 5.84 Å². The number of nitrogens with two attached hydrogens (primary N) is 1. The molecule has 0 spiro atoms. The van der Waals surface area contributed by atoms with Crippen molar-refractivity contribution in [1.82, 2.24) is 4.90 Å². The van der Waals surface area contributed by atoms with E-state index in [9.17, 15) is 0 Å². The minimum atomic E-state index is 0.259. The van der Waals surface area contributed by atoms with Gasteiger partial charge in [0.25, 0.3) is 0 Å². The van der Waals surface area contributed by atoms with Crippen LogP contribution in [0.25, 0.3) is 0 Å². The third-order valence-electron chi connectivity index (χ3n) is 3.30. The van der Waals surface area contributed by atoms with Crippen LogP contribution in [0.5, 0.6) is 5.75 Å². The highest BCUT2D eigenvalue weighted by atomic mass is 16.5. The number of benzene rings is 1. The Hall–Kier alpha value is -1.95. The van der Waals surface area contributed by atoms with Crippen LogP contribution >= 0.6 is 0 Å². The standard InChI is InChI=1S/C13H20N4O2/c1-19-12-4-2-3-11(9-12)17-7-5-16(6-8-17)10-13(14)15-18/h2-4,9,18H,5-8,10H2,1H3,(H2,14,15). The van der Waals surface area contributed by atoms with E-state index in [1.165, 1.54) is 5.69 Å². The van der Waals surface area contributed by atoms with Gasteiger partial charge in [0.2, 0.25) is 0 Å². The Morgan fingerprint density at radius 2 is 2.11 bits per heavy atom. The lowest BCUT2D eigenvalue weighted by molar-refractivity contribution is 0.278. The first-order valence-corrected chi connectivity index (χ1v) is 6.30. The van der Waals surface area contributed by atoms with Crippen LogP contribution in [-0.4, -0.2) is 55.8 Å². The molecule has 2 rings (SSSR count). The smallest absolute Gasteiger partial charge is 0.153 e. The summed E-state index contributed by atoms with van der Waals surface area (Å²) < 4.78 is 5.24. The monoisotopic (exact) mass is 264 g/mol. The second-order valence-corrected chi connectivity index (χ2v) is 4.56. The second kappa shape index (κ2) is 6.29. The Morgan fingerprint density at radius 3 is 2.74 bits per heavy atom. The van der Waals surface area contributed by atoms with E-state index in [-0.39, 0.29) is 5.84 Å². The van der Waals surface area contributed by atoms with Crippen LogP contribution in [0.2, 0.25) is 0 Å². The van der Waals surface area contributed by atoms with Gasteiger partial charge in [-0.25, -0.2) is 0 Å². The van der Waals surface area contributed by atoms with Crippen LogP contribution in [0, 0.1) is 0 Å². The third-order valence-corrected chi connectivity index (χ3v) is 3.30. The highest BCUT2D eigenvalue weighted by Crippen LogP contribution is 2.21. The zero-order valence-electron chi connectivity index (χ0n) is 11.1. The first-order chi connectivity index (χ1) is 9.22. The molecule has 0 radical (unpaired) electrons. The number of hydrogen-bond donors (Lipinski definition) is 2. The van der Waals surface area contributed by atoms with Gasteiger partial charge in [0.1, 0.15) is 5.75 Å². The number of anilines is 1. The predicted molar refractivity (Wildman–Crippen MR) is 75.1 cm³/mol. The molecule has 1 saturated heterocycles. The molecule has 1 fully saturated rings. The molecule has 3 N–H and O–H groups in total. The Balaban J connectivity index is 1.92. The maximum atomic E-state index is 8.57. The molecule has 0 aliphatic carbocycles. The fourth-order valence-corrected chi connectivity index (χ4v) is 2.23. The number of ether oxygens (including phenoxy) is 1. The Bertz CT molecular complexity index is 442. The molecule has 104 valence electrons. The van der Waals surface area contributed by atoms with Gasteiger partial charge in [-0.1, -0.05) is 11.2 Å². The first-order valence-electron chi connectivity index (χ1n) is 6.30. The fourth-order valence-electron chi connectivity index (χ4n) is 2.23. The first kappa shape index (κ1) is 13.5. The lowest BCUT2D eigenvalue weighted by Gasteiger charge is -2.35. The van der Waals surface area contributed by atoms with E-state index in [0.717, 1.165) is 31.9 Å². The molecule has 1 aromatic rings. The van der Waals surface area contributed by atoms with E-state index in [4.69, 9.17) is 15.7 Å². The molecule has 6 heteroatoms. The average Bonchev–Trinajstić information content (AvgIpc) is 2.48. The van der Waals surface area contributed by atoms with Gasteiger partial charge < -0.3 is 20.6 Å². The molecule has 1 heterocycles. The zero-order valence-corrected chi connectivity index (χ0v) is 11.1. The van der Waals surface area contributed by atoms with Crippen molar-refractivity contribution in [3.05, 3.63) is 24.3 Å². The fraction of sp³-hybridized carbons (Fsp3) is 0.462. The highest BCUT2D eigenvalue weighted by Gasteiger charge is 2.18. The van der Waals surface area contributed by atoms with Gasteiger partial charge >= 0.3 is 0 Å². The maximum Gasteiger partial charge on any atom is 0.153 e. The molecular formula is C13H20N4O2. The van der Waals surface area contributed by atoms with Crippen LogP contribution in [0.15, 0.2) is 29.4 Å². The summed E-state index contributed by atoms with van der Waals surface area (Å²) in [4.78, 5) is 4.48. The zero-order chi connectivity index (χ0) is 13.7. The minimum absolute atomic E-state index is 0.259. The van der Waals surface area contributed by atoms with Crippen LogP contribution in [-0.2, 0) is 0 Å². The lowest BCUT2D eigenvalue weighted by Crippen LogP contribution is -2.48. The Morgan fingerprint density at radius 1 is 1.37 bits per heavy atom. The van der Waals surface area contributed by atoms with E-state index in [0.29, 0.717) is 6.54 Å². The van der Waals surface area contributed by atoms with E-state index < -0.39 is 0 Å². The summed E-state index contributed by atoms with van der Waals surface area (Å²) >= 11 is 0. The molecule has 0 saturated carbocycles. The summed E-state index contributed by atoms with van der Waals surface area (Å²) in [6.07, 6.45) is 0. The van der Waals surface area contributed by atoms with Crippen molar-refractivity contribution in [1.29, 1.82) is 0 Å². The van der Waals surface area contributed by atoms with Gasteiger partial charge in [-0.05, 0) is 12.1 Å². The topological polar surface area (TPSA) is 74.3 Å². The van der Waals surface area contributed by atoms with Gasteiger partial charge in [-0.15, -0.1) is 0 Å². The van der Waals surface area contributed by atoms with E-state index in [1.807, 2.05) is 18.2 Å². The second-order valence-electron chi connectivity index (χ2n) is 4.56. The maximum absolute atomic E-state index is 8.57. The SMILES string of the molecule is COc1cccc(N2CCN(C/C(N)=N/O)CC2)c1. The summed E-state index contributed by atoms with van der Waals surface area (Å²) in [5, 5.41) is 11.6. The number of oxime groups is 1. The summed E-state index contributed by atoms with van der Waals surface area (Å²) in [6, 6.07) is 8.07. The highest BCUT2D eigenvalue weighted by molar-refractivity contribution is 5.81. The van der Waals surface area contributed by atoms with Gasteiger partial charge in [-0.2, -0.15) is 0 Å². The summed E-state index contributed by atoms with van der Waals surface area (Å²) in [6.45, 7) is 4.15. The summed E-state index contributed by atoms with van der Waals surface area (Å²) in [5.41, 5.74) is 6.68. The molecule has 1 aliphatic rings. The van der Waals surface area contributed by atoms with Crippen molar-refractivity contribution < 1.29 is 9.94 Å². The molecular weight excluding hydrogens is 244 g/mol. The van der Waals surface area contributed by atoms with Gasteiger partial charge in [0.05, 0.1) is 13.7 Å². The third kappa shape index (κ3) is 3.51. The van der Waals surface area contributed by atoms with Crippen molar-refractivity contribution in [2.45, 2.75) is 0 Å². The average molecular weight is 264 g/mol. The molecule has 0 atom stereocenters. The molecule has 0 unspecified atom stereocenters. The van der Waals surface area contributed by atoms with Crippen molar-refractivity contribution >= 4 is 11.5 Å². The largest absolute Gasteiger partial charge is 0.497 e. The number of hydrogen-bond acceptors (Lipinski definition) is 5. The van der Waals surface area contributed by atoms with Gasteiger partial charge in [-0.3, -0.25) is 4.90 Å². The number of rotatable bonds is 4. The Kier molecular flexibility index (Phi) is 4.46. The van der Waals surface area contributed by atoms with Crippen LogP contribution < -0.4 is 15.4 Å². The molecule has 6 nitrogen and oxygen atoms in total. The van der Waals surface area contributed by atoms with Crippen molar-refractivity contribution in [2.75, 3.05) is 44.7 Å². The number of nitrogens with zero attached hydrogens (tertiary/aromatic N) is 3. The van der Waals surface area contributed by atoms with Gasteiger partial charge in [0, 0.05) is 37.9 Å². The normalized spacial score (nSPS) is 17.5.